The molecule has 210 valence electrons. The van der Waals surface area contributed by atoms with E-state index in [1.54, 1.807) is 24.3 Å². The molecule has 42 heavy (non-hydrogen) atoms. The van der Waals surface area contributed by atoms with Crippen molar-refractivity contribution in [3.8, 4) is 22.9 Å². The normalized spacial score (nSPS) is 14.2. The summed E-state index contributed by atoms with van der Waals surface area (Å²) in [6, 6.07) is 44.4. The molecule has 0 spiro atoms. The average Bonchev–Trinajstić information content (AvgIpc) is 3.41. The Labute approximate surface area is 247 Å². The van der Waals surface area contributed by atoms with Gasteiger partial charge in [0, 0.05) is 17.5 Å². The first-order chi connectivity index (χ1) is 20.6. The Hall–Kier alpha value is -4.83. The molecule has 1 saturated carbocycles. The number of imidazole rings is 1. The van der Waals surface area contributed by atoms with E-state index in [0.29, 0.717) is 11.5 Å². The van der Waals surface area contributed by atoms with Crippen molar-refractivity contribution >= 4 is 11.0 Å². The maximum atomic E-state index is 9.51. The van der Waals surface area contributed by atoms with Crippen LogP contribution in [0.5, 0.6) is 11.5 Å². The molecule has 4 heteroatoms. The van der Waals surface area contributed by atoms with E-state index in [1.807, 2.05) is 42.5 Å². The van der Waals surface area contributed by atoms with Crippen LogP contribution in [0.1, 0.15) is 48.8 Å². The van der Waals surface area contributed by atoms with E-state index in [-0.39, 0.29) is 5.41 Å². The fourth-order valence-corrected chi connectivity index (χ4v) is 6.27. The summed E-state index contributed by atoms with van der Waals surface area (Å²) in [7, 11) is 0. The van der Waals surface area contributed by atoms with Crippen LogP contribution in [0.2, 0.25) is 0 Å². The van der Waals surface area contributed by atoms with E-state index in [1.165, 1.54) is 41.5 Å². The molecule has 7 rings (SSSR count). The maximum absolute atomic E-state index is 9.51. The zero-order valence-electron chi connectivity index (χ0n) is 23.7. The summed E-state index contributed by atoms with van der Waals surface area (Å²) in [4.78, 5) is 4.84. The second kappa shape index (κ2) is 12.4. The first-order valence-corrected chi connectivity index (χ1v) is 14.8. The second-order valence-corrected chi connectivity index (χ2v) is 11.1. The van der Waals surface area contributed by atoms with Crippen LogP contribution in [0.4, 0.5) is 0 Å². The Kier molecular flexibility index (Phi) is 8.05. The molecule has 1 heterocycles. The van der Waals surface area contributed by atoms with E-state index < -0.39 is 0 Å². The molecule has 6 aromatic rings. The molecule has 4 nitrogen and oxygen atoms in total. The van der Waals surface area contributed by atoms with Gasteiger partial charge in [-0.25, -0.2) is 4.98 Å². The van der Waals surface area contributed by atoms with Gasteiger partial charge in [0.25, 0.3) is 0 Å². The highest BCUT2D eigenvalue weighted by molar-refractivity contribution is 5.80. The molecule has 0 radical (unpaired) electrons. The van der Waals surface area contributed by atoms with Gasteiger partial charge in [0.05, 0.1) is 11.0 Å². The highest BCUT2D eigenvalue weighted by atomic mass is 16.3. The van der Waals surface area contributed by atoms with Crippen molar-refractivity contribution in [2.24, 2.45) is 0 Å². The predicted molar refractivity (Wildman–Crippen MR) is 171 cm³/mol. The van der Waals surface area contributed by atoms with E-state index in [4.69, 9.17) is 4.98 Å². The zero-order valence-corrected chi connectivity index (χ0v) is 23.7. The summed E-state index contributed by atoms with van der Waals surface area (Å²) in [6.45, 7) is 0.825. The highest BCUT2D eigenvalue weighted by Gasteiger charge is 2.35. The van der Waals surface area contributed by atoms with Crippen LogP contribution in [0.3, 0.4) is 0 Å². The first kappa shape index (κ1) is 27.3. The lowest BCUT2D eigenvalue weighted by Gasteiger charge is -2.38. The molecule has 5 aromatic carbocycles. The fourth-order valence-electron chi connectivity index (χ4n) is 6.27. The van der Waals surface area contributed by atoms with Crippen molar-refractivity contribution in [2.45, 2.75) is 44.1 Å². The number of fused-ring (bicyclic) bond motifs is 1. The summed E-state index contributed by atoms with van der Waals surface area (Å²) in [5.41, 5.74) is 7.20. The Morgan fingerprint density at radius 1 is 0.571 bits per heavy atom. The molecule has 1 aromatic heterocycles. The first-order valence-electron chi connectivity index (χ1n) is 14.8. The molecule has 1 aliphatic carbocycles. The van der Waals surface area contributed by atoms with Crippen molar-refractivity contribution in [2.75, 3.05) is 0 Å². The van der Waals surface area contributed by atoms with Crippen LogP contribution >= 0.6 is 0 Å². The molecule has 2 N–H and O–H groups in total. The van der Waals surface area contributed by atoms with E-state index in [0.717, 1.165) is 36.3 Å². The van der Waals surface area contributed by atoms with Crippen LogP contribution in [0, 0.1) is 0 Å². The van der Waals surface area contributed by atoms with Crippen LogP contribution in [-0.4, -0.2) is 19.8 Å². The van der Waals surface area contributed by atoms with Crippen molar-refractivity contribution in [1.82, 2.24) is 9.55 Å². The molecule has 0 amide bonds. The Bertz CT molecular complexity index is 1670. The quantitative estimate of drug-likeness (QED) is 0.224. The van der Waals surface area contributed by atoms with Gasteiger partial charge >= 0.3 is 0 Å². The Balaban J connectivity index is 0.000000151. The standard InChI is InChI=1S/C20H16N2.C18H20O2/c1-3-9-16(10-4-1)15-22-19-14-8-7-13-18(19)21-20(22)17-11-5-2-6-12-17;19-16-8-4-14(5-9-16)18(12-2-1-3-13-18)15-6-10-17(20)11-7-15/h1-14H,15H2;4-11,19-20H,1-3,12-13H2. The summed E-state index contributed by atoms with van der Waals surface area (Å²) >= 11 is 0. The lowest BCUT2D eigenvalue weighted by molar-refractivity contribution is 0.345. The van der Waals surface area contributed by atoms with E-state index in [2.05, 4.69) is 71.3 Å². The molecular weight excluding hydrogens is 516 g/mol. The van der Waals surface area contributed by atoms with Gasteiger partial charge < -0.3 is 14.8 Å². The zero-order chi connectivity index (χ0) is 28.8. The molecule has 0 atom stereocenters. The largest absolute Gasteiger partial charge is 0.508 e. The van der Waals surface area contributed by atoms with E-state index >= 15 is 0 Å². The molecule has 0 aliphatic heterocycles. The number of benzene rings is 5. The molecule has 1 aliphatic rings. The Morgan fingerprint density at radius 2 is 1.10 bits per heavy atom. The lowest BCUT2D eigenvalue weighted by atomic mass is 9.65. The highest BCUT2D eigenvalue weighted by Crippen LogP contribution is 2.45. The van der Waals surface area contributed by atoms with Gasteiger partial charge in [-0.05, 0) is 65.9 Å². The lowest BCUT2D eigenvalue weighted by Crippen LogP contribution is -2.30. The van der Waals surface area contributed by atoms with Crippen molar-refractivity contribution in [1.29, 1.82) is 0 Å². The number of nitrogens with zero attached hydrogens (tertiary/aromatic N) is 2. The number of aromatic hydroxyl groups is 2. The number of hydrogen-bond donors (Lipinski definition) is 2. The van der Waals surface area contributed by atoms with Gasteiger partial charge in [-0.3, -0.25) is 0 Å². The summed E-state index contributed by atoms with van der Waals surface area (Å²) < 4.78 is 2.29. The third-order valence-electron chi connectivity index (χ3n) is 8.42. The molecule has 0 unspecified atom stereocenters. The minimum Gasteiger partial charge on any atom is -0.508 e. The Morgan fingerprint density at radius 3 is 1.69 bits per heavy atom. The van der Waals surface area contributed by atoms with Gasteiger partial charge in [0.1, 0.15) is 17.3 Å². The van der Waals surface area contributed by atoms with E-state index in [9.17, 15) is 10.2 Å². The van der Waals surface area contributed by atoms with Crippen molar-refractivity contribution in [3.63, 3.8) is 0 Å². The minimum atomic E-state index is 0.0274. The SMILES string of the molecule is Oc1ccc(C2(c3ccc(O)cc3)CCCCC2)cc1.c1ccc(Cn2c(-c3ccccc3)nc3ccccc32)cc1. The van der Waals surface area contributed by atoms with Crippen molar-refractivity contribution < 1.29 is 10.2 Å². The average molecular weight is 553 g/mol. The third kappa shape index (κ3) is 5.80. The molecular formula is C38H36N2O2. The number of rotatable bonds is 5. The summed E-state index contributed by atoms with van der Waals surface area (Å²) in [5.74, 6) is 1.64. The van der Waals surface area contributed by atoms with Gasteiger partial charge in [-0.15, -0.1) is 0 Å². The van der Waals surface area contributed by atoms with Crippen LogP contribution in [-0.2, 0) is 12.0 Å². The molecule has 0 saturated heterocycles. The third-order valence-corrected chi connectivity index (χ3v) is 8.42. The number of phenolic OH excluding ortho intramolecular Hbond substituents is 2. The second-order valence-electron chi connectivity index (χ2n) is 11.1. The molecule has 0 bridgehead atoms. The van der Waals surface area contributed by atoms with Crippen molar-refractivity contribution in [3.05, 3.63) is 150 Å². The topological polar surface area (TPSA) is 58.3 Å². The number of hydrogen-bond acceptors (Lipinski definition) is 3. The number of aromatic nitrogens is 2. The number of para-hydroxylation sites is 2. The fraction of sp³-hybridized carbons (Fsp3) is 0.184. The molecule has 1 fully saturated rings. The summed E-state index contributed by atoms with van der Waals surface area (Å²) in [5, 5.41) is 19.0. The summed E-state index contributed by atoms with van der Waals surface area (Å²) in [6.07, 6.45) is 5.99. The van der Waals surface area contributed by atoms with Gasteiger partial charge in [-0.2, -0.15) is 0 Å². The smallest absolute Gasteiger partial charge is 0.141 e. The van der Waals surface area contributed by atoms with Crippen LogP contribution in [0.15, 0.2) is 133 Å². The number of phenols is 2. The van der Waals surface area contributed by atoms with Crippen LogP contribution in [0.25, 0.3) is 22.4 Å². The van der Waals surface area contributed by atoms with Crippen LogP contribution < -0.4 is 0 Å². The predicted octanol–water partition coefficient (Wildman–Crippen LogP) is 9.10. The van der Waals surface area contributed by atoms with Gasteiger partial charge in [-0.1, -0.05) is 116 Å². The maximum Gasteiger partial charge on any atom is 0.141 e. The monoisotopic (exact) mass is 552 g/mol. The van der Waals surface area contributed by atoms with Gasteiger partial charge in [0.15, 0.2) is 0 Å². The van der Waals surface area contributed by atoms with Gasteiger partial charge in [0.2, 0.25) is 0 Å². The minimum absolute atomic E-state index is 0.0274.